The summed E-state index contributed by atoms with van der Waals surface area (Å²) in [6.07, 6.45) is 5.74. The van der Waals surface area contributed by atoms with E-state index >= 15 is 0 Å². The van der Waals surface area contributed by atoms with Crippen molar-refractivity contribution in [3.63, 3.8) is 0 Å². The molecule has 1 heterocycles. The van der Waals surface area contributed by atoms with Crippen molar-refractivity contribution in [1.29, 1.82) is 0 Å². The van der Waals surface area contributed by atoms with Crippen LogP contribution >= 0.6 is 11.6 Å². The van der Waals surface area contributed by atoms with Crippen molar-refractivity contribution in [1.82, 2.24) is 4.98 Å². The molecule has 0 spiro atoms. The van der Waals surface area contributed by atoms with Crippen LogP contribution in [0.15, 0.2) is 10.6 Å². The fraction of sp³-hybridized carbons (Fsp3) is 0.625. The molecule has 12 heavy (non-hydrogen) atoms. The first-order valence-corrected chi connectivity index (χ1v) is 4.45. The number of nitrogens with zero attached hydrogens (tertiary/aromatic N) is 1. The Morgan fingerprint density at radius 2 is 2.42 bits per heavy atom. The van der Waals surface area contributed by atoms with Crippen LogP contribution < -0.4 is 5.73 Å². The normalized spacial score (nSPS) is 19.5. The number of hydrogen-bond acceptors (Lipinski definition) is 3. The number of oxazole rings is 1. The molecule has 0 atom stereocenters. The molecule has 1 saturated carbocycles. The molecule has 0 radical (unpaired) electrons. The van der Waals surface area contributed by atoms with E-state index in [-0.39, 0.29) is 10.9 Å². The zero-order valence-corrected chi connectivity index (χ0v) is 7.47. The van der Waals surface area contributed by atoms with Crippen LogP contribution in [0.25, 0.3) is 0 Å². The van der Waals surface area contributed by atoms with E-state index < -0.39 is 0 Å². The van der Waals surface area contributed by atoms with Gasteiger partial charge in [0.15, 0.2) is 0 Å². The Hall–Kier alpha value is -0.540. The monoisotopic (exact) mass is 186 g/mol. The van der Waals surface area contributed by atoms with Gasteiger partial charge in [0, 0.05) is 12.0 Å². The molecular formula is C8H11ClN2O. The van der Waals surface area contributed by atoms with Crippen LogP contribution in [0.4, 0.5) is 0 Å². The molecular weight excluding hydrogens is 176 g/mol. The van der Waals surface area contributed by atoms with Gasteiger partial charge in [-0.15, -0.1) is 0 Å². The first-order valence-electron chi connectivity index (χ1n) is 4.07. The summed E-state index contributed by atoms with van der Waals surface area (Å²) in [6, 6.07) is 0. The third-order valence-electron chi connectivity index (χ3n) is 2.29. The molecule has 3 nitrogen and oxygen atoms in total. The van der Waals surface area contributed by atoms with Gasteiger partial charge in [0.25, 0.3) is 5.35 Å². The lowest BCUT2D eigenvalue weighted by atomic mass is 10.1. The van der Waals surface area contributed by atoms with Gasteiger partial charge in [-0.05, 0) is 30.9 Å². The van der Waals surface area contributed by atoms with Gasteiger partial charge in [0.1, 0.15) is 5.76 Å². The summed E-state index contributed by atoms with van der Waals surface area (Å²) in [5.74, 6) is 0.830. The lowest BCUT2D eigenvalue weighted by Crippen LogP contribution is -2.21. The number of hydrogen-bond donors (Lipinski definition) is 1. The topological polar surface area (TPSA) is 52.0 Å². The van der Waals surface area contributed by atoms with E-state index in [1.165, 1.54) is 0 Å². The lowest BCUT2D eigenvalue weighted by molar-refractivity contribution is 0.479. The molecule has 1 aliphatic carbocycles. The summed E-state index contributed by atoms with van der Waals surface area (Å²) in [5.41, 5.74) is 5.99. The molecule has 1 fully saturated rings. The standard InChI is InChI=1S/C8H11ClN2O/c9-7-11-5-6(12-7)1-2-8(10)3-4-8/h5H,1-4,10H2. The fourth-order valence-corrected chi connectivity index (χ4v) is 1.33. The van der Waals surface area contributed by atoms with Crippen LogP contribution in [-0.4, -0.2) is 10.5 Å². The number of rotatable bonds is 3. The average Bonchev–Trinajstić information content (AvgIpc) is 2.60. The SMILES string of the molecule is NC1(CCc2cnc(Cl)o2)CC1. The van der Waals surface area contributed by atoms with Gasteiger partial charge in [0.05, 0.1) is 6.20 Å². The van der Waals surface area contributed by atoms with E-state index in [9.17, 15) is 0 Å². The third kappa shape index (κ3) is 1.79. The fourth-order valence-electron chi connectivity index (χ4n) is 1.18. The maximum Gasteiger partial charge on any atom is 0.292 e. The van der Waals surface area contributed by atoms with Crippen molar-refractivity contribution in [2.45, 2.75) is 31.2 Å². The van der Waals surface area contributed by atoms with Crippen LogP contribution in [0, 0.1) is 0 Å². The Bertz CT molecular complexity index is 280. The highest BCUT2D eigenvalue weighted by molar-refractivity contribution is 6.27. The summed E-state index contributed by atoms with van der Waals surface area (Å²) in [6.45, 7) is 0. The van der Waals surface area contributed by atoms with Crippen molar-refractivity contribution in [2.24, 2.45) is 5.73 Å². The van der Waals surface area contributed by atoms with E-state index in [1.807, 2.05) is 0 Å². The maximum atomic E-state index is 5.91. The van der Waals surface area contributed by atoms with E-state index in [0.29, 0.717) is 0 Å². The Morgan fingerprint density at radius 3 is 2.92 bits per heavy atom. The quantitative estimate of drug-likeness (QED) is 0.783. The van der Waals surface area contributed by atoms with E-state index in [2.05, 4.69) is 4.98 Å². The van der Waals surface area contributed by atoms with Gasteiger partial charge >= 0.3 is 0 Å². The molecule has 1 aliphatic rings. The molecule has 0 aliphatic heterocycles. The molecule has 1 aromatic rings. The molecule has 66 valence electrons. The minimum absolute atomic E-state index is 0.0826. The number of aryl methyl sites for hydroxylation is 1. The lowest BCUT2D eigenvalue weighted by Gasteiger charge is -2.04. The Morgan fingerprint density at radius 1 is 1.67 bits per heavy atom. The van der Waals surface area contributed by atoms with Crippen LogP contribution in [0.2, 0.25) is 5.35 Å². The molecule has 0 saturated heterocycles. The van der Waals surface area contributed by atoms with Gasteiger partial charge in [-0.1, -0.05) is 0 Å². The summed E-state index contributed by atoms with van der Waals surface area (Å²) < 4.78 is 5.11. The second-order valence-electron chi connectivity index (χ2n) is 3.44. The minimum atomic E-state index is 0.0826. The first-order chi connectivity index (χ1) is 5.68. The van der Waals surface area contributed by atoms with Gasteiger partial charge in [-0.25, -0.2) is 4.98 Å². The highest BCUT2D eigenvalue weighted by Gasteiger charge is 2.37. The Kier molecular flexibility index (Phi) is 1.85. The summed E-state index contributed by atoms with van der Waals surface area (Å²) >= 11 is 5.52. The van der Waals surface area contributed by atoms with Gasteiger partial charge in [0.2, 0.25) is 0 Å². The molecule has 0 aromatic carbocycles. The second kappa shape index (κ2) is 2.75. The predicted octanol–water partition coefficient (Wildman–Crippen LogP) is 1.75. The highest BCUT2D eigenvalue weighted by atomic mass is 35.5. The molecule has 0 unspecified atom stereocenters. The first kappa shape index (κ1) is 8.08. The van der Waals surface area contributed by atoms with Crippen LogP contribution in [0.1, 0.15) is 25.0 Å². The highest BCUT2D eigenvalue weighted by Crippen LogP contribution is 2.36. The molecule has 0 amide bonds. The van der Waals surface area contributed by atoms with E-state index in [1.54, 1.807) is 6.20 Å². The van der Waals surface area contributed by atoms with Crippen molar-refractivity contribution < 1.29 is 4.42 Å². The Balaban J connectivity index is 1.87. The molecule has 0 bridgehead atoms. The van der Waals surface area contributed by atoms with Crippen molar-refractivity contribution in [2.75, 3.05) is 0 Å². The van der Waals surface area contributed by atoms with Crippen molar-refractivity contribution >= 4 is 11.6 Å². The zero-order valence-electron chi connectivity index (χ0n) is 6.72. The minimum Gasteiger partial charge on any atom is -0.433 e. The van der Waals surface area contributed by atoms with Crippen molar-refractivity contribution in [3.05, 3.63) is 17.3 Å². The summed E-state index contributed by atoms with van der Waals surface area (Å²) in [4.78, 5) is 3.80. The smallest absolute Gasteiger partial charge is 0.292 e. The molecule has 1 aromatic heterocycles. The van der Waals surface area contributed by atoms with Gasteiger partial charge in [-0.2, -0.15) is 0 Å². The van der Waals surface area contributed by atoms with Crippen LogP contribution in [-0.2, 0) is 6.42 Å². The summed E-state index contributed by atoms with van der Waals surface area (Å²) in [5, 5.41) is 0.215. The zero-order chi connectivity index (χ0) is 8.60. The van der Waals surface area contributed by atoms with Crippen molar-refractivity contribution in [3.8, 4) is 0 Å². The number of halogens is 1. The van der Waals surface area contributed by atoms with Gasteiger partial charge in [-0.3, -0.25) is 0 Å². The van der Waals surface area contributed by atoms with Crippen LogP contribution in [0.3, 0.4) is 0 Å². The van der Waals surface area contributed by atoms with E-state index in [4.69, 9.17) is 21.8 Å². The predicted molar refractivity (Wildman–Crippen MR) is 46.0 cm³/mol. The van der Waals surface area contributed by atoms with E-state index in [0.717, 1.165) is 31.4 Å². The third-order valence-corrected chi connectivity index (χ3v) is 2.46. The molecule has 2 rings (SSSR count). The maximum absolute atomic E-state index is 5.91. The second-order valence-corrected chi connectivity index (χ2v) is 3.77. The molecule has 2 N–H and O–H groups in total. The summed E-state index contributed by atoms with van der Waals surface area (Å²) in [7, 11) is 0. The largest absolute Gasteiger partial charge is 0.433 e. The average molecular weight is 187 g/mol. The van der Waals surface area contributed by atoms with Crippen LogP contribution in [0.5, 0.6) is 0 Å². The number of aromatic nitrogens is 1. The number of nitrogens with two attached hydrogens (primary N) is 1. The molecule has 4 heteroatoms. The Labute approximate surface area is 75.9 Å². The van der Waals surface area contributed by atoms with Gasteiger partial charge < -0.3 is 10.2 Å².